The molecule has 0 atom stereocenters. The van der Waals surface area contributed by atoms with Gasteiger partial charge in [0.1, 0.15) is 0 Å². The normalized spacial score (nSPS) is 16.8. The number of aromatic nitrogens is 1. The lowest BCUT2D eigenvalue weighted by Gasteiger charge is -2.34. The van der Waals surface area contributed by atoms with E-state index in [-0.39, 0.29) is 17.7 Å². The predicted molar refractivity (Wildman–Crippen MR) is 112 cm³/mol. The lowest BCUT2D eigenvalue weighted by Crippen LogP contribution is -2.48. The fourth-order valence-electron chi connectivity index (χ4n) is 3.98. The molecule has 2 aliphatic heterocycles. The summed E-state index contributed by atoms with van der Waals surface area (Å²) >= 11 is 0. The van der Waals surface area contributed by atoms with E-state index in [1.165, 1.54) is 4.90 Å². The zero-order valence-electron chi connectivity index (χ0n) is 17.2. The summed E-state index contributed by atoms with van der Waals surface area (Å²) in [4.78, 5) is 47.7. The van der Waals surface area contributed by atoms with Crippen LogP contribution in [0.2, 0.25) is 0 Å². The number of benzene rings is 1. The molecule has 156 valence electrons. The van der Waals surface area contributed by atoms with Crippen molar-refractivity contribution in [1.29, 1.82) is 0 Å². The van der Waals surface area contributed by atoms with Crippen LogP contribution in [0.1, 0.15) is 56.4 Å². The molecule has 2 aromatic rings. The van der Waals surface area contributed by atoms with Gasteiger partial charge in [-0.2, -0.15) is 0 Å². The first-order valence-corrected chi connectivity index (χ1v) is 10.5. The molecule has 0 spiro atoms. The van der Waals surface area contributed by atoms with Crippen molar-refractivity contribution in [2.24, 2.45) is 0 Å². The number of piperazine rings is 1. The van der Waals surface area contributed by atoms with E-state index in [1.807, 2.05) is 24.1 Å². The van der Waals surface area contributed by atoms with Gasteiger partial charge in [-0.05, 0) is 36.2 Å². The van der Waals surface area contributed by atoms with Crippen molar-refractivity contribution < 1.29 is 14.4 Å². The first-order chi connectivity index (χ1) is 14.6. The first kappa shape index (κ1) is 20.2. The van der Waals surface area contributed by atoms with Crippen LogP contribution in [0.15, 0.2) is 42.7 Å². The van der Waals surface area contributed by atoms with Gasteiger partial charge in [0.15, 0.2) is 0 Å². The van der Waals surface area contributed by atoms with Crippen LogP contribution < -0.4 is 0 Å². The summed E-state index contributed by atoms with van der Waals surface area (Å²) in [5.41, 5.74) is 2.37. The third-order valence-electron chi connectivity index (χ3n) is 5.74. The molecular formula is C23H26N4O3. The average molecular weight is 406 g/mol. The Kier molecular flexibility index (Phi) is 5.90. The molecule has 1 aromatic heterocycles. The molecule has 3 amide bonds. The van der Waals surface area contributed by atoms with Crippen molar-refractivity contribution in [3.05, 3.63) is 65.0 Å². The van der Waals surface area contributed by atoms with Crippen molar-refractivity contribution in [3.8, 4) is 0 Å². The summed E-state index contributed by atoms with van der Waals surface area (Å²) in [6, 6.07) is 8.85. The molecule has 1 fully saturated rings. The van der Waals surface area contributed by atoms with Crippen molar-refractivity contribution in [2.45, 2.75) is 26.3 Å². The molecule has 0 unspecified atom stereocenters. The van der Waals surface area contributed by atoms with Crippen molar-refractivity contribution in [1.82, 2.24) is 19.7 Å². The lowest BCUT2D eigenvalue weighted by atomic mass is 10.0. The van der Waals surface area contributed by atoms with E-state index in [0.29, 0.717) is 36.3 Å². The summed E-state index contributed by atoms with van der Waals surface area (Å²) in [5.74, 6) is -0.642. The Morgan fingerprint density at radius 3 is 2.50 bits per heavy atom. The molecule has 7 heteroatoms. The van der Waals surface area contributed by atoms with Gasteiger partial charge in [0.25, 0.3) is 17.7 Å². The number of unbranched alkanes of at least 4 members (excludes halogenated alkanes) is 1. The Morgan fingerprint density at radius 2 is 1.80 bits per heavy atom. The second kappa shape index (κ2) is 8.75. The molecule has 1 aromatic carbocycles. The lowest BCUT2D eigenvalue weighted by molar-refractivity contribution is 0.0626. The average Bonchev–Trinajstić information content (AvgIpc) is 3.02. The fourth-order valence-corrected chi connectivity index (χ4v) is 3.98. The molecule has 0 bridgehead atoms. The van der Waals surface area contributed by atoms with Crippen LogP contribution >= 0.6 is 0 Å². The van der Waals surface area contributed by atoms with E-state index in [0.717, 1.165) is 38.0 Å². The van der Waals surface area contributed by atoms with E-state index in [9.17, 15) is 14.4 Å². The molecule has 30 heavy (non-hydrogen) atoms. The predicted octanol–water partition coefficient (Wildman–Crippen LogP) is 2.44. The minimum Gasteiger partial charge on any atom is -0.336 e. The molecule has 2 aliphatic rings. The Morgan fingerprint density at radius 1 is 1.03 bits per heavy atom. The SMILES string of the molecule is CCCCN1C(=O)c2ccc(C(=O)N3CCN(Cc4cccnc4)CC3)cc2C1=O. The molecule has 0 N–H and O–H groups in total. The van der Waals surface area contributed by atoms with Crippen molar-refractivity contribution in [3.63, 3.8) is 0 Å². The summed E-state index contributed by atoms with van der Waals surface area (Å²) in [6.07, 6.45) is 5.31. The van der Waals surface area contributed by atoms with Gasteiger partial charge >= 0.3 is 0 Å². The quantitative estimate of drug-likeness (QED) is 0.689. The van der Waals surface area contributed by atoms with E-state index in [4.69, 9.17) is 0 Å². The van der Waals surface area contributed by atoms with Crippen LogP contribution in [0.25, 0.3) is 0 Å². The maximum Gasteiger partial charge on any atom is 0.261 e. The van der Waals surface area contributed by atoms with Gasteiger partial charge in [0.2, 0.25) is 0 Å². The number of hydrogen-bond acceptors (Lipinski definition) is 5. The van der Waals surface area contributed by atoms with Crippen molar-refractivity contribution in [2.75, 3.05) is 32.7 Å². The first-order valence-electron chi connectivity index (χ1n) is 10.5. The zero-order valence-corrected chi connectivity index (χ0v) is 17.2. The van der Waals surface area contributed by atoms with Gasteiger partial charge < -0.3 is 4.90 Å². The number of fused-ring (bicyclic) bond motifs is 1. The third-order valence-corrected chi connectivity index (χ3v) is 5.74. The van der Waals surface area contributed by atoms with Gasteiger partial charge in [-0.25, -0.2) is 0 Å². The number of hydrogen-bond donors (Lipinski definition) is 0. The minimum absolute atomic E-state index is 0.0916. The summed E-state index contributed by atoms with van der Waals surface area (Å²) in [6.45, 7) is 6.09. The number of rotatable bonds is 6. The molecule has 0 aliphatic carbocycles. The van der Waals surface area contributed by atoms with Crippen LogP contribution in [-0.4, -0.2) is 70.1 Å². The maximum absolute atomic E-state index is 13.0. The highest BCUT2D eigenvalue weighted by Gasteiger charge is 2.36. The monoisotopic (exact) mass is 406 g/mol. The Balaban J connectivity index is 1.40. The highest BCUT2D eigenvalue weighted by molar-refractivity contribution is 6.22. The smallest absolute Gasteiger partial charge is 0.261 e. The minimum atomic E-state index is -0.292. The second-order valence-corrected chi connectivity index (χ2v) is 7.81. The molecular weight excluding hydrogens is 380 g/mol. The van der Waals surface area contributed by atoms with Gasteiger partial charge in [0.05, 0.1) is 11.1 Å². The van der Waals surface area contributed by atoms with E-state index in [1.54, 1.807) is 24.4 Å². The van der Waals surface area contributed by atoms with Gasteiger partial charge in [-0.15, -0.1) is 0 Å². The molecule has 7 nitrogen and oxygen atoms in total. The van der Waals surface area contributed by atoms with E-state index >= 15 is 0 Å². The van der Waals surface area contributed by atoms with Crippen LogP contribution in [-0.2, 0) is 6.54 Å². The molecule has 4 rings (SSSR count). The van der Waals surface area contributed by atoms with Crippen LogP contribution in [0, 0.1) is 0 Å². The summed E-state index contributed by atoms with van der Waals surface area (Å²) in [7, 11) is 0. The highest BCUT2D eigenvalue weighted by Crippen LogP contribution is 2.25. The van der Waals surface area contributed by atoms with Crippen LogP contribution in [0.4, 0.5) is 0 Å². The van der Waals surface area contributed by atoms with Crippen LogP contribution in [0.5, 0.6) is 0 Å². The molecule has 0 radical (unpaired) electrons. The largest absolute Gasteiger partial charge is 0.336 e. The van der Waals surface area contributed by atoms with Gasteiger partial charge in [-0.3, -0.25) is 29.2 Å². The number of imide groups is 1. The summed E-state index contributed by atoms with van der Waals surface area (Å²) < 4.78 is 0. The molecule has 1 saturated heterocycles. The number of amides is 3. The van der Waals surface area contributed by atoms with Crippen LogP contribution in [0.3, 0.4) is 0 Å². The fraction of sp³-hybridized carbons (Fsp3) is 0.391. The third kappa shape index (κ3) is 3.98. The maximum atomic E-state index is 13.0. The standard InChI is InChI=1S/C23H26N4O3/c1-2-3-9-27-22(29)19-7-6-18(14-20(19)23(27)30)21(28)26-12-10-25(11-13-26)16-17-5-4-8-24-15-17/h4-8,14-15H,2-3,9-13,16H2,1H3. The topological polar surface area (TPSA) is 73.8 Å². The van der Waals surface area contributed by atoms with E-state index < -0.39 is 0 Å². The molecule has 0 saturated carbocycles. The number of carbonyl (C=O) groups excluding carboxylic acids is 3. The van der Waals surface area contributed by atoms with Gasteiger partial charge in [-0.1, -0.05) is 19.4 Å². The summed E-state index contributed by atoms with van der Waals surface area (Å²) in [5, 5.41) is 0. The number of nitrogens with zero attached hydrogens (tertiary/aromatic N) is 4. The van der Waals surface area contributed by atoms with Gasteiger partial charge in [0, 0.05) is 57.2 Å². The number of carbonyl (C=O) groups is 3. The van der Waals surface area contributed by atoms with Crippen molar-refractivity contribution >= 4 is 17.7 Å². The Hall–Kier alpha value is -3.06. The second-order valence-electron chi connectivity index (χ2n) is 7.81. The zero-order chi connectivity index (χ0) is 21.1. The Bertz CT molecular complexity index is 952. The number of pyridine rings is 1. The Labute approximate surface area is 176 Å². The highest BCUT2D eigenvalue weighted by atomic mass is 16.2. The van der Waals surface area contributed by atoms with E-state index in [2.05, 4.69) is 16.0 Å². The molecule has 3 heterocycles.